The van der Waals surface area contributed by atoms with Crippen molar-refractivity contribution in [1.29, 1.82) is 0 Å². The van der Waals surface area contributed by atoms with Crippen LogP contribution in [0.1, 0.15) is 110 Å². The highest BCUT2D eigenvalue weighted by atomic mass is 16.6. The van der Waals surface area contributed by atoms with Crippen molar-refractivity contribution in [3.63, 3.8) is 0 Å². The average Bonchev–Trinajstić information content (AvgIpc) is 2.88. The number of amides is 4. The van der Waals surface area contributed by atoms with Gasteiger partial charge in [-0.15, -0.1) is 6.42 Å². The van der Waals surface area contributed by atoms with E-state index in [-0.39, 0.29) is 12.5 Å². The van der Waals surface area contributed by atoms with E-state index in [2.05, 4.69) is 23.5 Å². The molecule has 0 aliphatic heterocycles. The molecule has 0 fully saturated rings. The Morgan fingerprint density at radius 1 is 0.975 bits per heavy atom. The van der Waals surface area contributed by atoms with Crippen molar-refractivity contribution < 1.29 is 23.9 Å². The van der Waals surface area contributed by atoms with Gasteiger partial charge in [0, 0.05) is 18.7 Å². The zero-order valence-corrected chi connectivity index (χ0v) is 24.9. The molecule has 0 aliphatic rings. The number of carbonyl (C=O) groups is 4. The maximum atomic E-state index is 14.1. The molecule has 0 heterocycles. The van der Waals surface area contributed by atoms with Gasteiger partial charge >= 0.3 is 6.09 Å². The zero-order valence-electron chi connectivity index (χ0n) is 24.9. The molecule has 9 heteroatoms. The lowest BCUT2D eigenvalue weighted by Crippen LogP contribution is -2.54. The summed E-state index contributed by atoms with van der Waals surface area (Å²) in [4.78, 5) is 53.6. The van der Waals surface area contributed by atoms with Crippen LogP contribution in [-0.2, 0) is 19.1 Å². The van der Waals surface area contributed by atoms with Crippen molar-refractivity contribution >= 4 is 23.8 Å². The molecule has 1 aromatic rings. The van der Waals surface area contributed by atoms with Crippen LogP contribution in [0.4, 0.5) is 4.79 Å². The number of hydrogen-bond acceptors (Lipinski definition) is 5. The van der Waals surface area contributed by atoms with Gasteiger partial charge in [-0.2, -0.15) is 0 Å². The molecule has 1 rings (SSSR count). The third kappa shape index (κ3) is 13.0. The zero-order chi connectivity index (χ0) is 30.1. The highest BCUT2D eigenvalue weighted by Crippen LogP contribution is 2.25. The van der Waals surface area contributed by atoms with E-state index in [1.54, 1.807) is 45.0 Å². The number of rotatable bonds is 17. The lowest BCUT2D eigenvalue weighted by atomic mass is 10.00. The Bertz CT molecular complexity index is 994. The highest BCUT2D eigenvalue weighted by molar-refractivity contribution is 5.94. The second-order valence-corrected chi connectivity index (χ2v) is 11.0. The van der Waals surface area contributed by atoms with Gasteiger partial charge in [0.05, 0.1) is 6.42 Å². The number of carbonyl (C=O) groups excluding carboxylic acids is 4. The Morgan fingerprint density at radius 3 is 2.12 bits per heavy atom. The Morgan fingerprint density at radius 2 is 1.57 bits per heavy atom. The summed E-state index contributed by atoms with van der Waals surface area (Å²) >= 11 is 0. The SMILES string of the molecule is C#Cc1ccc(C(C(=O)NCCCC)N(CCCCCCCC)C(=O)C(CC(N)=O)NC(=O)OC(C)(C)C)cc1. The van der Waals surface area contributed by atoms with Gasteiger partial charge < -0.3 is 26.0 Å². The molecule has 0 saturated carbocycles. The summed E-state index contributed by atoms with van der Waals surface area (Å²) in [5.41, 5.74) is 5.86. The van der Waals surface area contributed by atoms with Gasteiger partial charge in [-0.25, -0.2) is 4.79 Å². The second-order valence-electron chi connectivity index (χ2n) is 11.0. The number of primary amides is 1. The molecule has 2 atom stereocenters. The summed E-state index contributed by atoms with van der Waals surface area (Å²) in [5.74, 6) is 0.855. The molecule has 0 spiro atoms. The van der Waals surface area contributed by atoms with Gasteiger partial charge in [-0.1, -0.05) is 70.4 Å². The first-order valence-electron chi connectivity index (χ1n) is 14.4. The van der Waals surface area contributed by atoms with E-state index in [0.29, 0.717) is 24.1 Å². The molecule has 0 radical (unpaired) electrons. The van der Waals surface area contributed by atoms with Gasteiger partial charge in [0.15, 0.2) is 0 Å². The largest absolute Gasteiger partial charge is 0.444 e. The van der Waals surface area contributed by atoms with E-state index >= 15 is 0 Å². The minimum Gasteiger partial charge on any atom is -0.444 e. The minimum absolute atomic E-state index is 0.249. The predicted octanol–water partition coefficient (Wildman–Crippen LogP) is 4.58. The number of alkyl carbamates (subject to hydrolysis) is 1. The van der Waals surface area contributed by atoms with Crippen LogP contribution in [0.15, 0.2) is 24.3 Å². The summed E-state index contributed by atoms with van der Waals surface area (Å²) in [7, 11) is 0. The number of nitrogens with two attached hydrogens (primary N) is 1. The van der Waals surface area contributed by atoms with Gasteiger partial charge in [-0.3, -0.25) is 14.4 Å². The van der Waals surface area contributed by atoms with Crippen molar-refractivity contribution in [2.45, 2.75) is 110 Å². The lowest BCUT2D eigenvalue weighted by Gasteiger charge is -2.34. The van der Waals surface area contributed by atoms with E-state index in [9.17, 15) is 19.2 Å². The third-order valence-corrected chi connectivity index (χ3v) is 6.21. The molecule has 0 aliphatic carbocycles. The Balaban J connectivity index is 3.45. The summed E-state index contributed by atoms with van der Waals surface area (Å²) in [6.07, 6.45) is 11.8. The number of ether oxygens (including phenoxy) is 1. The van der Waals surface area contributed by atoms with Gasteiger partial charge in [-0.05, 0) is 51.3 Å². The van der Waals surface area contributed by atoms with Crippen molar-refractivity contribution in [2.75, 3.05) is 13.1 Å². The predicted molar refractivity (Wildman–Crippen MR) is 157 cm³/mol. The summed E-state index contributed by atoms with van der Waals surface area (Å²) in [6.45, 7) is 9.95. The first kappa shape index (κ1) is 34.5. The van der Waals surface area contributed by atoms with Crippen LogP contribution < -0.4 is 16.4 Å². The maximum Gasteiger partial charge on any atom is 0.408 e. The van der Waals surface area contributed by atoms with Crippen LogP contribution in [-0.4, -0.2) is 53.4 Å². The number of nitrogens with one attached hydrogen (secondary N) is 2. The summed E-state index contributed by atoms with van der Waals surface area (Å²) in [6, 6.07) is 4.59. The van der Waals surface area contributed by atoms with Crippen molar-refractivity contribution in [3.8, 4) is 12.3 Å². The molecule has 222 valence electrons. The fourth-order valence-electron chi connectivity index (χ4n) is 4.20. The molecule has 0 bridgehead atoms. The van der Waals surface area contributed by atoms with E-state index in [4.69, 9.17) is 16.9 Å². The molecular formula is C31H48N4O5. The fraction of sp³-hybridized carbons (Fsp3) is 0.613. The van der Waals surface area contributed by atoms with Crippen molar-refractivity contribution in [2.24, 2.45) is 5.73 Å². The van der Waals surface area contributed by atoms with E-state index < -0.39 is 42.0 Å². The summed E-state index contributed by atoms with van der Waals surface area (Å²) in [5, 5.41) is 5.45. The first-order chi connectivity index (χ1) is 18.9. The van der Waals surface area contributed by atoms with Crippen molar-refractivity contribution in [1.82, 2.24) is 15.5 Å². The molecule has 9 nitrogen and oxygen atoms in total. The first-order valence-corrected chi connectivity index (χ1v) is 14.4. The molecular weight excluding hydrogens is 508 g/mol. The quantitative estimate of drug-likeness (QED) is 0.191. The summed E-state index contributed by atoms with van der Waals surface area (Å²) < 4.78 is 5.33. The molecule has 4 amide bonds. The standard InChI is InChI=1S/C31H48N4O5/c1-7-10-12-13-14-15-21-35(29(38)25(22-26(32)36)34-30(39)40-31(4,5)6)27(28(37)33-20-11-8-2)24-18-16-23(9-3)17-19-24/h3,16-19,25,27H,7-8,10-15,20-22H2,1-2,4-6H3,(H2,32,36)(H,33,37)(H,34,39). The van der Waals surface area contributed by atoms with Crippen LogP contribution in [0.2, 0.25) is 0 Å². The topological polar surface area (TPSA) is 131 Å². The van der Waals surface area contributed by atoms with Gasteiger partial charge in [0.2, 0.25) is 17.7 Å². The third-order valence-electron chi connectivity index (χ3n) is 6.21. The molecule has 0 saturated heterocycles. The fourth-order valence-corrected chi connectivity index (χ4v) is 4.20. The Kier molecular flexibility index (Phi) is 15.5. The maximum absolute atomic E-state index is 14.1. The monoisotopic (exact) mass is 556 g/mol. The van der Waals surface area contributed by atoms with Crippen LogP contribution in [0.3, 0.4) is 0 Å². The molecule has 40 heavy (non-hydrogen) atoms. The van der Waals surface area contributed by atoms with Crippen LogP contribution in [0.5, 0.6) is 0 Å². The normalized spacial score (nSPS) is 12.5. The lowest BCUT2D eigenvalue weighted by molar-refractivity contribution is -0.143. The Labute approximate surface area is 240 Å². The number of terminal acetylenes is 1. The molecule has 0 aromatic heterocycles. The van der Waals surface area contributed by atoms with E-state index in [1.165, 1.54) is 4.90 Å². The number of nitrogens with zero attached hydrogens (tertiary/aromatic N) is 1. The van der Waals surface area contributed by atoms with E-state index in [0.717, 1.165) is 44.9 Å². The number of hydrogen-bond donors (Lipinski definition) is 3. The van der Waals surface area contributed by atoms with Crippen LogP contribution >= 0.6 is 0 Å². The minimum atomic E-state index is -1.30. The second kappa shape index (κ2) is 17.9. The van der Waals surface area contributed by atoms with Crippen molar-refractivity contribution in [3.05, 3.63) is 35.4 Å². The molecule has 1 aromatic carbocycles. The van der Waals surface area contributed by atoms with Gasteiger partial charge in [0.1, 0.15) is 17.7 Å². The molecule has 4 N–H and O–H groups in total. The average molecular weight is 557 g/mol. The van der Waals surface area contributed by atoms with E-state index in [1.807, 2.05) is 6.92 Å². The van der Waals surface area contributed by atoms with Crippen LogP contribution in [0.25, 0.3) is 0 Å². The van der Waals surface area contributed by atoms with Crippen LogP contribution in [0, 0.1) is 12.3 Å². The highest BCUT2D eigenvalue weighted by Gasteiger charge is 2.36. The molecule has 2 unspecified atom stereocenters. The smallest absolute Gasteiger partial charge is 0.408 e. The number of benzene rings is 1. The number of unbranched alkanes of at least 4 members (excludes halogenated alkanes) is 6. The van der Waals surface area contributed by atoms with Gasteiger partial charge in [0.25, 0.3) is 0 Å². The Hall–Kier alpha value is -3.54.